The van der Waals surface area contributed by atoms with E-state index in [-0.39, 0.29) is 5.70 Å². The van der Waals surface area contributed by atoms with Gasteiger partial charge in [-0.05, 0) is 55.0 Å². The summed E-state index contributed by atoms with van der Waals surface area (Å²) < 4.78 is 15.7. The van der Waals surface area contributed by atoms with Gasteiger partial charge in [0.2, 0.25) is 5.91 Å². The number of nitrogens with zero attached hydrogens (tertiary/aromatic N) is 2. The monoisotopic (exact) mass is 418 g/mol. The van der Waals surface area contributed by atoms with Crippen molar-refractivity contribution in [2.45, 2.75) is 6.92 Å². The van der Waals surface area contributed by atoms with Crippen molar-refractivity contribution in [1.29, 1.82) is 0 Å². The number of hydrogen-bond donors (Lipinski definition) is 2. The highest BCUT2D eigenvalue weighted by Crippen LogP contribution is 2.20. The summed E-state index contributed by atoms with van der Waals surface area (Å²) in [5.74, 6) is -1.55. The Hall–Kier alpha value is -4.20. The molecule has 0 atom stereocenters. The Kier molecular flexibility index (Phi) is 5.36. The number of anilines is 1. The Labute approximate surface area is 177 Å². The van der Waals surface area contributed by atoms with Crippen LogP contribution in [0.4, 0.5) is 14.9 Å². The first kappa shape index (κ1) is 20.1. The van der Waals surface area contributed by atoms with Crippen LogP contribution in [0.5, 0.6) is 0 Å². The van der Waals surface area contributed by atoms with Crippen molar-refractivity contribution in [3.05, 3.63) is 89.6 Å². The predicted molar refractivity (Wildman–Crippen MR) is 114 cm³/mol. The molecular weight excluding hydrogens is 399 g/mol. The third kappa shape index (κ3) is 4.23. The SMILES string of the molecule is Cc1cccc(NC(=O)CN2C(=O)N/C(=C/c3cccn3-c3ccccc3F)C2=O)c1. The van der Waals surface area contributed by atoms with Crippen LogP contribution in [-0.4, -0.2) is 33.9 Å². The second-order valence-corrected chi connectivity index (χ2v) is 7.05. The number of carbonyl (C=O) groups is 3. The normalized spacial score (nSPS) is 14.8. The van der Waals surface area contributed by atoms with Gasteiger partial charge in [-0.3, -0.25) is 9.59 Å². The topological polar surface area (TPSA) is 83.4 Å². The van der Waals surface area contributed by atoms with Gasteiger partial charge < -0.3 is 15.2 Å². The fourth-order valence-electron chi connectivity index (χ4n) is 3.31. The fourth-order valence-corrected chi connectivity index (χ4v) is 3.31. The molecular formula is C23H19FN4O3. The van der Waals surface area contributed by atoms with E-state index in [4.69, 9.17) is 0 Å². The molecule has 2 aromatic carbocycles. The van der Waals surface area contributed by atoms with Gasteiger partial charge in [-0.1, -0.05) is 24.3 Å². The van der Waals surface area contributed by atoms with Crippen molar-refractivity contribution in [3.63, 3.8) is 0 Å². The van der Waals surface area contributed by atoms with Gasteiger partial charge in [-0.2, -0.15) is 0 Å². The molecule has 156 valence electrons. The number of hydrogen-bond acceptors (Lipinski definition) is 3. The lowest BCUT2D eigenvalue weighted by Gasteiger charge is -2.12. The molecule has 1 aliphatic heterocycles. The lowest BCUT2D eigenvalue weighted by Crippen LogP contribution is -2.38. The molecule has 0 saturated carbocycles. The zero-order chi connectivity index (χ0) is 22.0. The van der Waals surface area contributed by atoms with Gasteiger partial charge >= 0.3 is 6.03 Å². The van der Waals surface area contributed by atoms with Crippen molar-refractivity contribution in [2.24, 2.45) is 0 Å². The third-order valence-corrected chi connectivity index (χ3v) is 4.75. The first-order chi connectivity index (χ1) is 14.9. The molecule has 2 heterocycles. The number of aromatic nitrogens is 1. The van der Waals surface area contributed by atoms with Gasteiger partial charge in [0.15, 0.2) is 0 Å². The first-order valence-corrected chi connectivity index (χ1v) is 9.56. The molecule has 2 N–H and O–H groups in total. The van der Waals surface area contributed by atoms with E-state index < -0.39 is 30.2 Å². The number of aryl methyl sites for hydroxylation is 1. The minimum absolute atomic E-state index is 0.00430. The van der Waals surface area contributed by atoms with Crippen molar-refractivity contribution in [2.75, 3.05) is 11.9 Å². The summed E-state index contributed by atoms with van der Waals surface area (Å²) in [6.45, 7) is 1.46. The number of para-hydroxylation sites is 1. The summed E-state index contributed by atoms with van der Waals surface area (Å²) in [6, 6.07) is 16.1. The molecule has 0 radical (unpaired) electrons. The molecule has 0 spiro atoms. The number of carbonyl (C=O) groups excluding carboxylic acids is 3. The van der Waals surface area contributed by atoms with Gasteiger partial charge in [0.25, 0.3) is 5.91 Å². The van der Waals surface area contributed by atoms with Crippen LogP contribution >= 0.6 is 0 Å². The van der Waals surface area contributed by atoms with Crippen molar-refractivity contribution in [1.82, 2.24) is 14.8 Å². The molecule has 1 fully saturated rings. The maximum Gasteiger partial charge on any atom is 0.329 e. The van der Waals surface area contributed by atoms with E-state index >= 15 is 0 Å². The van der Waals surface area contributed by atoms with Gasteiger partial charge in [0, 0.05) is 17.6 Å². The van der Waals surface area contributed by atoms with Crippen LogP contribution in [0.2, 0.25) is 0 Å². The molecule has 0 unspecified atom stereocenters. The van der Waals surface area contributed by atoms with Crippen molar-refractivity contribution in [3.8, 4) is 5.69 Å². The van der Waals surface area contributed by atoms with Crippen molar-refractivity contribution >= 4 is 29.6 Å². The maximum absolute atomic E-state index is 14.2. The van der Waals surface area contributed by atoms with E-state index in [0.717, 1.165) is 10.5 Å². The number of amides is 4. The Morgan fingerprint density at radius 1 is 1.10 bits per heavy atom. The quantitative estimate of drug-likeness (QED) is 0.492. The van der Waals surface area contributed by atoms with E-state index in [2.05, 4.69) is 10.6 Å². The highest BCUT2D eigenvalue weighted by atomic mass is 19.1. The second kappa shape index (κ2) is 8.27. The largest absolute Gasteiger partial charge is 0.329 e. The number of rotatable bonds is 5. The molecule has 3 aromatic rings. The van der Waals surface area contributed by atoms with Gasteiger partial charge in [-0.25, -0.2) is 14.1 Å². The van der Waals surface area contributed by atoms with E-state index in [1.54, 1.807) is 59.3 Å². The number of imide groups is 1. The summed E-state index contributed by atoms with van der Waals surface area (Å²) in [6.07, 6.45) is 3.10. The zero-order valence-corrected chi connectivity index (χ0v) is 16.6. The zero-order valence-electron chi connectivity index (χ0n) is 16.6. The smallest absolute Gasteiger partial charge is 0.325 e. The molecule has 1 aromatic heterocycles. The van der Waals surface area contributed by atoms with Crippen LogP contribution in [0.1, 0.15) is 11.3 Å². The van der Waals surface area contributed by atoms with Crippen LogP contribution in [-0.2, 0) is 9.59 Å². The Balaban J connectivity index is 1.51. The number of benzene rings is 2. The number of halogens is 1. The maximum atomic E-state index is 14.2. The highest BCUT2D eigenvalue weighted by Gasteiger charge is 2.35. The van der Waals surface area contributed by atoms with Crippen LogP contribution in [0.15, 0.2) is 72.6 Å². The molecule has 1 aliphatic rings. The lowest BCUT2D eigenvalue weighted by molar-refractivity contribution is -0.127. The van der Waals surface area contributed by atoms with Crippen LogP contribution < -0.4 is 10.6 Å². The van der Waals surface area contributed by atoms with E-state index in [1.165, 1.54) is 12.1 Å². The molecule has 7 nitrogen and oxygen atoms in total. The van der Waals surface area contributed by atoms with E-state index in [9.17, 15) is 18.8 Å². The van der Waals surface area contributed by atoms with Gasteiger partial charge in [0.05, 0.1) is 5.69 Å². The average Bonchev–Trinajstić information content (AvgIpc) is 3.28. The van der Waals surface area contributed by atoms with Crippen LogP contribution in [0.3, 0.4) is 0 Å². The summed E-state index contributed by atoms with van der Waals surface area (Å²) in [7, 11) is 0. The fraction of sp³-hybridized carbons (Fsp3) is 0.0870. The minimum Gasteiger partial charge on any atom is -0.325 e. The molecule has 1 saturated heterocycles. The number of nitrogens with one attached hydrogen (secondary N) is 2. The molecule has 0 bridgehead atoms. The predicted octanol–water partition coefficient (Wildman–Crippen LogP) is 3.46. The minimum atomic E-state index is -0.695. The second-order valence-electron chi connectivity index (χ2n) is 7.05. The van der Waals surface area contributed by atoms with Gasteiger partial charge in [0.1, 0.15) is 18.1 Å². The summed E-state index contributed by atoms with van der Waals surface area (Å²) in [4.78, 5) is 38.1. The first-order valence-electron chi connectivity index (χ1n) is 9.56. The van der Waals surface area contributed by atoms with E-state index in [0.29, 0.717) is 17.1 Å². The third-order valence-electron chi connectivity index (χ3n) is 4.75. The average molecular weight is 418 g/mol. The molecule has 0 aliphatic carbocycles. The van der Waals surface area contributed by atoms with Crippen LogP contribution in [0.25, 0.3) is 11.8 Å². The Morgan fingerprint density at radius 2 is 1.90 bits per heavy atom. The molecule has 4 rings (SSSR count). The Bertz CT molecular complexity index is 1210. The van der Waals surface area contributed by atoms with Crippen molar-refractivity contribution < 1.29 is 18.8 Å². The lowest BCUT2D eigenvalue weighted by atomic mass is 10.2. The Morgan fingerprint density at radius 3 is 2.68 bits per heavy atom. The van der Waals surface area contributed by atoms with Crippen LogP contribution in [0, 0.1) is 12.7 Å². The molecule has 8 heteroatoms. The summed E-state index contributed by atoms with van der Waals surface area (Å²) in [5.41, 5.74) is 2.36. The molecule has 4 amide bonds. The molecule has 31 heavy (non-hydrogen) atoms. The van der Waals surface area contributed by atoms with E-state index in [1.807, 2.05) is 13.0 Å². The summed E-state index contributed by atoms with van der Waals surface area (Å²) >= 11 is 0. The standard InChI is InChI=1S/C23H19FN4O3/c1-15-6-4-7-16(12-15)25-21(29)14-28-22(30)19(26-23(28)31)13-17-8-5-11-27(17)20-10-3-2-9-18(20)24/h2-13H,14H2,1H3,(H,25,29)(H,26,31)/b19-13+. The highest BCUT2D eigenvalue weighted by molar-refractivity contribution is 6.15. The summed E-state index contributed by atoms with van der Waals surface area (Å²) in [5, 5.41) is 5.15. The number of urea groups is 1. The van der Waals surface area contributed by atoms with Gasteiger partial charge in [-0.15, -0.1) is 0 Å².